The lowest BCUT2D eigenvalue weighted by atomic mass is 10.2. The van der Waals surface area contributed by atoms with Gasteiger partial charge in [0.25, 0.3) is 0 Å². The second kappa shape index (κ2) is 6.64. The molecule has 0 spiro atoms. The molecule has 0 saturated carbocycles. The molecule has 1 aromatic carbocycles. The van der Waals surface area contributed by atoms with E-state index in [1.807, 2.05) is 36.4 Å². The van der Waals surface area contributed by atoms with E-state index in [1.165, 1.54) is 0 Å². The minimum absolute atomic E-state index is 0.511. The Morgan fingerprint density at radius 3 is 2.67 bits per heavy atom. The van der Waals surface area contributed by atoms with Crippen LogP contribution in [0.5, 0.6) is 0 Å². The summed E-state index contributed by atoms with van der Waals surface area (Å²) in [5.74, 6) is 0. The smallest absolute Gasteiger partial charge is 0.0892 e. The molecule has 0 atom stereocenters. The Hall–Kier alpha value is -1.23. The minimum atomic E-state index is 0.511. The predicted molar refractivity (Wildman–Crippen MR) is 74.8 cm³/mol. The molecule has 3 nitrogen and oxygen atoms in total. The maximum Gasteiger partial charge on any atom is 0.0892 e. The van der Waals surface area contributed by atoms with Crippen molar-refractivity contribution in [3.63, 3.8) is 0 Å². The number of rotatable bonds is 5. The van der Waals surface area contributed by atoms with Gasteiger partial charge in [0.1, 0.15) is 0 Å². The number of aromatic nitrogens is 1. The highest BCUT2D eigenvalue weighted by Crippen LogP contribution is 2.13. The van der Waals surface area contributed by atoms with Crippen molar-refractivity contribution in [3.8, 4) is 0 Å². The molecule has 0 saturated heterocycles. The van der Waals surface area contributed by atoms with Crippen molar-refractivity contribution in [2.45, 2.75) is 19.8 Å². The van der Waals surface area contributed by atoms with Gasteiger partial charge in [0.15, 0.2) is 0 Å². The van der Waals surface area contributed by atoms with E-state index in [2.05, 4.69) is 20.9 Å². The third-order valence-corrected chi connectivity index (χ3v) is 3.02. The lowest BCUT2D eigenvalue weighted by Crippen LogP contribution is -2.00. The molecule has 0 bridgehead atoms. The molecule has 0 aliphatic carbocycles. The number of halogens is 1. The van der Waals surface area contributed by atoms with Crippen LogP contribution in [0.25, 0.3) is 0 Å². The topological polar surface area (TPSA) is 48.1 Å². The van der Waals surface area contributed by atoms with Crippen molar-refractivity contribution in [1.29, 1.82) is 0 Å². The maximum atomic E-state index is 5.62. The number of nitrogens with two attached hydrogens (primary N) is 1. The largest absolute Gasteiger partial charge is 0.370 e. The third kappa shape index (κ3) is 3.91. The second-order valence-electron chi connectivity index (χ2n) is 3.98. The SMILES string of the molecule is NCc1ccc(COCc2cccc(Br)c2)nc1. The zero-order chi connectivity index (χ0) is 12.8. The molecule has 0 amide bonds. The van der Waals surface area contributed by atoms with Gasteiger partial charge in [-0.25, -0.2) is 0 Å². The second-order valence-corrected chi connectivity index (χ2v) is 4.90. The van der Waals surface area contributed by atoms with Crippen LogP contribution in [0.15, 0.2) is 47.1 Å². The van der Waals surface area contributed by atoms with E-state index >= 15 is 0 Å². The van der Waals surface area contributed by atoms with E-state index in [-0.39, 0.29) is 0 Å². The third-order valence-electron chi connectivity index (χ3n) is 2.53. The summed E-state index contributed by atoms with van der Waals surface area (Å²) in [6.07, 6.45) is 1.79. The fourth-order valence-electron chi connectivity index (χ4n) is 1.56. The minimum Gasteiger partial charge on any atom is -0.370 e. The Morgan fingerprint density at radius 1 is 1.11 bits per heavy atom. The standard InChI is InChI=1S/C14H15BrN2O/c15-13-3-1-2-11(6-13)9-18-10-14-5-4-12(7-16)8-17-14/h1-6,8H,7,9-10,16H2. The summed E-state index contributed by atoms with van der Waals surface area (Å²) in [6, 6.07) is 12.0. The molecule has 2 rings (SSSR count). The molecule has 0 radical (unpaired) electrons. The van der Waals surface area contributed by atoms with Crippen LogP contribution in [0.1, 0.15) is 16.8 Å². The number of benzene rings is 1. The summed E-state index contributed by atoms with van der Waals surface area (Å²) in [5, 5.41) is 0. The molecule has 0 fully saturated rings. The van der Waals surface area contributed by atoms with Crippen molar-refractivity contribution < 1.29 is 4.74 Å². The molecule has 94 valence electrons. The summed E-state index contributed by atoms with van der Waals surface area (Å²) in [7, 11) is 0. The average molecular weight is 307 g/mol. The summed E-state index contributed by atoms with van der Waals surface area (Å²) >= 11 is 3.44. The molecule has 2 N–H and O–H groups in total. The molecule has 0 aliphatic rings. The van der Waals surface area contributed by atoms with Crippen LogP contribution in [0, 0.1) is 0 Å². The summed E-state index contributed by atoms with van der Waals surface area (Å²) in [4.78, 5) is 4.28. The number of ether oxygens (including phenoxy) is 1. The zero-order valence-electron chi connectivity index (χ0n) is 9.97. The van der Waals surface area contributed by atoms with Gasteiger partial charge < -0.3 is 10.5 Å². The first-order valence-electron chi connectivity index (χ1n) is 5.74. The van der Waals surface area contributed by atoms with Gasteiger partial charge in [-0.2, -0.15) is 0 Å². The van der Waals surface area contributed by atoms with Crippen LogP contribution >= 0.6 is 15.9 Å². The highest BCUT2D eigenvalue weighted by atomic mass is 79.9. The van der Waals surface area contributed by atoms with Crippen molar-refractivity contribution in [2.75, 3.05) is 0 Å². The van der Waals surface area contributed by atoms with Gasteiger partial charge in [-0.1, -0.05) is 34.1 Å². The van der Waals surface area contributed by atoms with Crippen LogP contribution in [-0.2, 0) is 24.5 Å². The van der Waals surface area contributed by atoms with E-state index in [9.17, 15) is 0 Å². The molecular weight excluding hydrogens is 292 g/mol. The summed E-state index contributed by atoms with van der Waals surface area (Å²) in [6.45, 7) is 1.61. The van der Waals surface area contributed by atoms with Gasteiger partial charge >= 0.3 is 0 Å². The quantitative estimate of drug-likeness (QED) is 0.923. The van der Waals surface area contributed by atoms with Gasteiger partial charge in [-0.15, -0.1) is 0 Å². The normalized spacial score (nSPS) is 10.6. The summed E-state index contributed by atoms with van der Waals surface area (Å²) < 4.78 is 6.68. The number of nitrogens with zero attached hydrogens (tertiary/aromatic N) is 1. The molecule has 0 unspecified atom stereocenters. The van der Waals surface area contributed by atoms with E-state index < -0.39 is 0 Å². The van der Waals surface area contributed by atoms with Gasteiger partial charge in [-0.05, 0) is 29.3 Å². The van der Waals surface area contributed by atoms with Gasteiger partial charge in [0.05, 0.1) is 18.9 Å². The molecule has 0 aliphatic heterocycles. The van der Waals surface area contributed by atoms with E-state index in [0.29, 0.717) is 19.8 Å². The number of hydrogen-bond acceptors (Lipinski definition) is 3. The van der Waals surface area contributed by atoms with Crippen molar-refractivity contribution >= 4 is 15.9 Å². The van der Waals surface area contributed by atoms with Gasteiger partial charge in [0.2, 0.25) is 0 Å². The molecule has 4 heteroatoms. The first-order chi connectivity index (χ1) is 8.78. The first-order valence-corrected chi connectivity index (χ1v) is 6.53. The number of hydrogen-bond donors (Lipinski definition) is 1. The number of pyridine rings is 1. The van der Waals surface area contributed by atoms with Crippen LogP contribution in [0.4, 0.5) is 0 Å². The van der Waals surface area contributed by atoms with Gasteiger partial charge in [-0.3, -0.25) is 4.98 Å². The molecular formula is C14H15BrN2O. The molecule has 1 aromatic heterocycles. The predicted octanol–water partition coefficient (Wildman–Crippen LogP) is 3.02. The lowest BCUT2D eigenvalue weighted by Gasteiger charge is -2.05. The van der Waals surface area contributed by atoms with E-state index in [0.717, 1.165) is 21.3 Å². The Bertz CT molecular complexity index is 499. The Labute approximate surface area is 115 Å². The van der Waals surface area contributed by atoms with Crippen molar-refractivity contribution in [2.24, 2.45) is 5.73 Å². The highest BCUT2D eigenvalue weighted by Gasteiger charge is 1.98. The van der Waals surface area contributed by atoms with E-state index in [1.54, 1.807) is 6.20 Å². The van der Waals surface area contributed by atoms with Crippen LogP contribution < -0.4 is 5.73 Å². The van der Waals surface area contributed by atoms with Crippen molar-refractivity contribution in [3.05, 3.63) is 63.9 Å². The fraction of sp³-hybridized carbons (Fsp3) is 0.214. The zero-order valence-corrected chi connectivity index (χ0v) is 11.6. The molecule has 2 aromatic rings. The first kappa shape index (κ1) is 13.2. The monoisotopic (exact) mass is 306 g/mol. The van der Waals surface area contributed by atoms with Crippen molar-refractivity contribution in [1.82, 2.24) is 4.98 Å². The Kier molecular flexibility index (Phi) is 4.87. The average Bonchev–Trinajstić information content (AvgIpc) is 2.40. The van der Waals surface area contributed by atoms with Crippen LogP contribution in [0.3, 0.4) is 0 Å². The fourth-order valence-corrected chi connectivity index (χ4v) is 2.01. The highest BCUT2D eigenvalue weighted by molar-refractivity contribution is 9.10. The van der Waals surface area contributed by atoms with Crippen LogP contribution in [-0.4, -0.2) is 4.98 Å². The summed E-state index contributed by atoms with van der Waals surface area (Å²) in [5.41, 5.74) is 8.61. The van der Waals surface area contributed by atoms with Crippen LogP contribution in [0.2, 0.25) is 0 Å². The van der Waals surface area contributed by atoms with Gasteiger partial charge in [0, 0.05) is 17.2 Å². The maximum absolute atomic E-state index is 5.62. The Morgan fingerprint density at radius 2 is 2.00 bits per heavy atom. The Balaban J connectivity index is 1.84. The van der Waals surface area contributed by atoms with E-state index in [4.69, 9.17) is 10.5 Å². The molecule has 18 heavy (non-hydrogen) atoms. The lowest BCUT2D eigenvalue weighted by molar-refractivity contribution is 0.104. The molecule has 1 heterocycles.